The minimum Gasteiger partial charge on any atom is -0.462 e. The van der Waals surface area contributed by atoms with Crippen LogP contribution in [-0.2, 0) is 47.2 Å². The third kappa shape index (κ3) is 30.9. The second kappa shape index (κ2) is 42.1. The lowest BCUT2D eigenvalue weighted by atomic mass is 9.95. The number of amides is 2. The first-order chi connectivity index (χ1) is 36.1. The molecule has 0 bridgehead atoms. The normalized spacial score (nSPS) is 24.9. The Morgan fingerprint density at radius 2 is 0.987 bits per heavy atom. The minimum absolute atomic E-state index is 0.147. The van der Waals surface area contributed by atoms with Crippen molar-refractivity contribution >= 4 is 25.6 Å². The molecule has 75 heavy (non-hydrogen) atoms. The molecule has 2 aliphatic heterocycles. The lowest BCUT2D eigenvalue weighted by molar-refractivity contribution is -0.302. The number of phosphoric ester groups is 1. The minimum atomic E-state index is -5.30. The fourth-order valence-corrected chi connectivity index (χ4v) is 10.4. The number of phosphoric acid groups is 1. The summed E-state index contributed by atoms with van der Waals surface area (Å²) in [7, 11) is -5.30. The Bertz CT molecular complexity index is 1510. The van der Waals surface area contributed by atoms with E-state index >= 15 is 0 Å². The molecular formula is C55H105N2O17P. The first kappa shape index (κ1) is 69.3. The molecule has 0 saturated carbocycles. The summed E-state index contributed by atoms with van der Waals surface area (Å²) in [6, 6.07) is -2.85. The molecule has 12 atom stereocenters. The van der Waals surface area contributed by atoms with Crippen LogP contribution in [0.1, 0.15) is 240 Å². The molecule has 2 fully saturated rings. The summed E-state index contributed by atoms with van der Waals surface area (Å²) < 4.78 is 46.7. The van der Waals surface area contributed by atoms with Gasteiger partial charge in [0.2, 0.25) is 11.8 Å². The molecule has 2 amide bonds. The van der Waals surface area contributed by atoms with E-state index in [1.807, 2.05) is 6.92 Å². The Balaban J connectivity index is 2.17. The van der Waals surface area contributed by atoms with Crippen molar-refractivity contribution < 1.29 is 82.5 Å². The molecule has 0 aromatic heterocycles. The van der Waals surface area contributed by atoms with Gasteiger partial charge in [-0.15, -0.1) is 0 Å². The molecule has 19 nitrogen and oxygen atoms in total. The fraction of sp³-hybridized carbons (Fsp3) is 0.945. The number of carbonyl (C=O) groups is 3. The van der Waals surface area contributed by atoms with Crippen LogP contribution in [0.5, 0.6) is 0 Å². The highest BCUT2D eigenvalue weighted by atomic mass is 31.2. The summed E-state index contributed by atoms with van der Waals surface area (Å²) >= 11 is 0. The predicted molar refractivity (Wildman–Crippen MR) is 286 cm³/mol. The fourth-order valence-electron chi connectivity index (χ4n) is 9.85. The number of nitrogens with one attached hydrogen (secondary N) is 2. The van der Waals surface area contributed by atoms with Crippen molar-refractivity contribution in [3.63, 3.8) is 0 Å². The smallest absolute Gasteiger partial charge is 0.462 e. The van der Waals surface area contributed by atoms with Crippen LogP contribution in [0.4, 0.5) is 0 Å². The van der Waals surface area contributed by atoms with Gasteiger partial charge in [-0.1, -0.05) is 188 Å². The summed E-state index contributed by atoms with van der Waals surface area (Å²) in [5.41, 5.74) is 0. The Hall–Kier alpha value is -1.84. The number of ether oxygens (including phenoxy) is 5. The van der Waals surface area contributed by atoms with Crippen LogP contribution >= 0.6 is 7.82 Å². The summed E-state index contributed by atoms with van der Waals surface area (Å²) in [5, 5.41) is 60.6. The first-order valence-electron chi connectivity index (χ1n) is 29.5. The van der Waals surface area contributed by atoms with Crippen molar-refractivity contribution in [1.82, 2.24) is 10.6 Å². The monoisotopic (exact) mass is 1100 g/mol. The van der Waals surface area contributed by atoms with E-state index in [0.29, 0.717) is 32.1 Å². The summed E-state index contributed by atoms with van der Waals surface area (Å²) in [5.74, 6) is -1.71. The summed E-state index contributed by atoms with van der Waals surface area (Å²) in [6.45, 7) is 7.07. The maximum atomic E-state index is 14.0. The highest BCUT2D eigenvalue weighted by Gasteiger charge is 2.51. The van der Waals surface area contributed by atoms with Crippen molar-refractivity contribution in [3.8, 4) is 0 Å². The highest BCUT2D eigenvalue weighted by Crippen LogP contribution is 2.41. The lowest BCUT2D eigenvalue weighted by Crippen LogP contribution is -2.67. The molecule has 9 N–H and O–H groups in total. The van der Waals surface area contributed by atoms with Gasteiger partial charge >= 0.3 is 13.8 Å². The number of aliphatic hydroxyl groups is 5. The molecule has 10 unspecified atom stereocenters. The average Bonchev–Trinajstić information content (AvgIpc) is 3.36. The van der Waals surface area contributed by atoms with E-state index in [2.05, 4.69) is 31.4 Å². The van der Waals surface area contributed by atoms with Gasteiger partial charge < -0.3 is 69.6 Å². The van der Waals surface area contributed by atoms with Crippen LogP contribution in [0.15, 0.2) is 0 Å². The zero-order valence-electron chi connectivity index (χ0n) is 46.5. The second-order valence-corrected chi connectivity index (χ2v) is 22.4. The zero-order valence-corrected chi connectivity index (χ0v) is 47.4. The van der Waals surface area contributed by atoms with Gasteiger partial charge in [-0.3, -0.25) is 18.9 Å². The van der Waals surface area contributed by atoms with Gasteiger partial charge in [-0.2, -0.15) is 0 Å². The second-order valence-electron chi connectivity index (χ2n) is 21.2. The van der Waals surface area contributed by atoms with Gasteiger partial charge in [0.05, 0.1) is 32.2 Å². The van der Waals surface area contributed by atoms with E-state index in [0.717, 1.165) is 70.6 Å². The predicted octanol–water partition coefficient (Wildman–Crippen LogP) is 8.22. The number of carbonyl (C=O) groups excluding carboxylic acids is 3. The molecular weight excluding hydrogens is 992 g/mol. The number of rotatable bonds is 46. The molecule has 2 rings (SSSR count). The van der Waals surface area contributed by atoms with Gasteiger partial charge in [0.25, 0.3) is 0 Å². The van der Waals surface area contributed by atoms with Crippen LogP contribution in [-0.4, -0.2) is 146 Å². The Labute approximate surface area is 450 Å². The lowest BCUT2D eigenvalue weighted by Gasteiger charge is -2.45. The number of esters is 1. The van der Waals surface area contributed by atoms with Crippen LogP contribution in [0.3, 0.4) is 0 Å². The van der Waals surface area contributed by atoms with Gasteiger partial charge in [-0.05, 0) is 32.1 Å². The van der Waals surface area contributed by atoms with Gasteiger partial charge in [0.1, 0.15) is 54.8 Å². The van der Waals surface area contributed by atoms with E-state index < -0.39 is 112 Å². The zero-order chi connectivity index (χ0) is 55.3. The van der Waals surface area contributed by atoms with Gasteiger partial charge in [0.15, 0.2) is 12.6 Å². The van der Waals surface area contributed by atoms with Crippen molar-refractivity contribution in [2.24, 2.45) is 0 Å². The molecule has 442 valence electrons. The quantitative estimate of drug-likeness (QED) is 0.0158. The van der Waals surface area contributed by atoms with E-state index in [1.165, 1.54) is 89.9 Å². The molecule has 2 aliphatic rings. The van der Waals surface area contributed by atoms with Crippen molar-refractivity contribution in [2.45, 2.75) is 313 Å². The summed E-state index contributed by atoms with van der Waals surface area (Å²) in [4.78, 5) is 59.8. The Kier molecular flexibility index (Phi) is 38.9. The molecule has 0 radical (unpaired) electrons. The van der Waals surface area contributed by atoms with E-state index in [9.17, 15) is 54.3 Å². The molecule has 2 saturated heterocycles. The van der Waals surface area contributed by atoms with E-state index in [4.69, 9.17) is 28.2 Å². The summed E-state index contributed by atoms with van der Waals surface area (Å²) in [6.07, 6.45) is 15.6. The topological polar surface area (TPSA) is 289 Å². The highest BCUT2D eigenvalue weighted by molar-refractivity contribution is 7.46. The molecule has 0 aliphatic carbocycles. The molecule has 0 aromatic rings. The molecule has 0 aromatic carbocycles. The van der Waals surface area contributed by atoms with Crippen molar-refractivity contribution in [1.29, 1.82) is 0 Å². The number of unbranched alkanes of at least 4 members (excludes halogenated alkanes) is 24. The van der Waals surface area contributed by atoms with Crippen LogP contribution in [0, 0.1) is 0 Å². The molecule has 0 spiro atoms. The Morgan fingerprint density at radius 3 is 1.48 bits per heavy atom. The average molecular weight is 1100 g/mol. The van der Waals surface area contributed by atoms with Crippen molar-refractivity contribution in [2.75, 3.05) is 19.8 Å². The Morgan fingerprint density at radius 1 is 0.547 bits per heavy atom. The van der Waals surface area contributed by atoms with Gasteiger partial charge in [-0.25, -0.2) is 4.57 Å². The van der Waals surface area contributed by atoms with E-state index in [1.54, 1.807) is 0 Å². The molecule has 2 heterocycles. The maximum absolute atomic E-state index is 14.0. The number of aliphatic hydroxyl groups excluding tert-OH is 5. The third-order valence-electron chi connectivity index (χ3n) is 14.3. The van der Waals surface area contributed by atoms with Crippen LogP contribution in [0.2, 0.25) is 0 Å². The number of hydrogen-bond acceptors (Lipinski definition) is 15. The van der Waals surface area contributed by atoms with Crippen LogP contribution in [0.25, 0.3) is 0 Å². The van der Waals surface area contributed by atoms with E-state index in [-0.39, 0.29) is 25.9 Å². The van der Waals surface area contributed by atoms with Crippen LogP contribution < -0.4 is 10.6 Å². The maximum Gasteiger partial charge on any atom is 0.470 e. The van der Waals surface area contributed by atoms with Gasteiger partial charge in [0, 0.05) is 13.0 Å². The largest absolute Gasteiger partial charge is 0.470 e. The number of hydrogen-bond donors (Lipinski definition) is 9. The standard InChI is InChI=1S/C55H105N2O17P/c1-5-9-12-15-18-21-24-27-30-33-41(59)37-45(60)56-48-51(64)50(63)44(73-54(48)69-36-8-4)40-70-55-49(52(65)53(43(39-58)72-55)74-75(66,67)68)57-46(61)38-42(34-31-28-25-22-19-16-13-10-6-2)71-47(62)35-32-29-26-23-20-17-14-11-7-3/h41-44,48-55,58-59,63-65H,5-40H2,1-4H3,(H,56,60)(H,57,61)(H2,66,67,68)/t41-,42-,43?,44?,48?,49?,50?,51?,52?,53?,54?,55?/m1/s1. The SMILES string of the molecule is CCCCCCCCCCCC(=O)O[C@H](CCCCCCCCCCC)CC(=O)NC1C(OCC2OC(OCCC)C(NC(=O)C[C@H](O)CCCCCCCCCCC)C(O)C2O)OC(CO)C(OP(=O)(O)O)C1O. The molecule has 20 heteroatoms. The first-order valence-corrected chi connectivity index (χ1v) is 31.0. The third-order valence-corrected chi connectivity index (χ3v) is 14.8. The van der Waals surface area contributed by atoms with Crippen molar-refractivity contribution in [3.05, 3.63) is 0 Å².